The van der Waals surface area contributed by atoms with Gasteiger partial charge in [0, 0.05) is 30.6 Å². The fourth-order valence-electron chi connectivity index (χ4n) is 2.20. The van der Waals surface area contributed by atoms with E-state index in [1.54, 1.807) is 20.1 Å². The first kappa shape index (κ1) is 19.4. The van der Waals surface area contributed by atoms with E-state index >= 15 is 0 Å². The number of amides is 1. The monoisotopic (exact) mass is 372 g/mol. The van der Waals surface area contributed by atoms with E-state index in [-0.39, 0.29) is 24.0 Å². The Morgan fingerprint density at radius 2 is 2.12 bits per heavy atom. The number of rotatable bonds is 7. The smallest absolute Gasteiger partial charge is 0.269 e. The van der Waals surface area contributed by atoms with Gasteiger partial charge in [-0.25, -0.2) is 4.98 Å². The van der Waals surface area contributed by atoms with Crippen molar-refractivity contribution in [3.8, 4) is 6.07 Å². The highest BCUT2D eigenvalue weighted by molar-refractivity contribution is 8.00. The van der Waals surface area contributed by atoms with E-state index in [9.17, 15) is 20.2 Å². The summed E-state index contributed by atoms with van der Waals surface area (Å²) in [4.78, 5) is 26.5. The molecule has 0 bridgehead atoms. The number of nitrogens with zero attached hydrogens (tertiary/aromatic N) is 3. The molecule has 8 nitrogen and oxygen atoms in total. The molecule has 0 aliphatic heterocycles. The first-order valence-electron chi connectivity index (χ1n) is 7.51. The van der Waals surface area contributed by atoms with Crippen LogP contribution in [-0.2, 0) is 16.1 Å². The highest BCUT2D eigenvalue weighted by Gasteiger charge is 2.14. The van der Waals surface area contributed by atoms with Crippen LogP contribution in [0.4, 0.5) is 11.4 Å². The molecule has 0 atom stereocenters. The van der Waals surface area contributed by atoms with E-state index in [1.165, 1.54) is 24.3 Å². The Kier molecular flexibility index (Phi) is 6.66. The summed E-state index contributed by atoms with van der Waals surface area (Å²) in [5.41, 5.74) is 2.25. The maximum atomic E-state index is 12.1. The summed E-state index contributed by atoms with van der Waals surface area (Å²) >= 11 is 1.15. The Hall–Kier alpha value is -2.96. The highest BCUT2D eigenvalue weighted by atomic mass is 32.2. The Bertz CT molecular complexity index is 862. The molecule has 1 aromatic heterocycles. The molecule has 0 saturated heterocycles. The SMILES string of the molecule is COCc1cc(C)nc(SCC(=O)Nc2ccc([N+](=O)[O-])cc2)c1C#N. The molecule has 1 heterocycles. The van der Waals surface area contributed by atoms with Gasteiger partial charge in [-0.05, 0) is 30.7 Å². The van der Waals surface area contributed by atoms with Crippen molar-refractivity contribution in [3.63, 3.8) is 0 Å². The first-order valence-corrected chi connectivity index (χ1v) is 8.49. The van der Waals surface area contributed by atoms with Crippen LogP contribution in [0, 0.1) is 28.4 Å². The van der Waals surface area contributed by atoms with E-state index in [0.717, 1.165) is 23.0 Å². The number of non-ortho nitro benzene ring substituents is 1. The molecule has 0 aliphatic carbocycles. The summed E-state index contributed by atoms with van der Waals surface area (Å²) in [6, 6.07) is 9.44. The van der Waals surface area contributed by atoms with E-state index < -0.39 is 4.92 Å². The predicted molar refractivity (Wildman–Crippen MR) is 96.9 cm³/mol. The standard InChI is InChI=1S/C17H16N4O4S/c1-11-7-12(9-25-2)15(8-18)17(19-11)26-10-16(22)20-13-3-5-14(6-4-13)21(23)24/h3-7H,9-10H2,1-2H3,(H,20,22). The summed E-state index contributed by atoms with van der Waals surface area (Å²) in [6.07, 6.45) is 0. The van der Waals surface area contributed by atoms with E-state index in [1.807, 2.05) is 0 Å². The van der Waals surface area contributed by atoms with Gasteiger partial charge in [0.2, 0.25) is 5.91 Å². The number of nitrogens with one attached hydrogen (secondary N) is 1. The van der Waals surface area contributed by atoms with Gasteiger partial charge in [0.25, 0.3) is 5.69 Å². The molecule has 0 saturated carbocycles. The predicted octanol–water partition coefficient (Wildman–Crippen LogP) is 3.05. The van der Waals surface area contributed by atoms with Crippen molar-refractivity contribution in [1.29, 1.82) is 5.26 Å². The van der Waals surface area contributed by atoms with E-state index in [2.05, 4.69) is 16.4 Å². The van der Waals surface area contributed by atoms with Crippen molar-refractivity contribution >= 4 is 29.0 Å². The average Bonchev–Trinajstić information content (AvgIpc) is 2.60. The van der Waals surface area contributed by atoms with Crippen molar-refractivity contribution in [2.24, 2.45) is 0 Å². The molecule has 0 radical (unpaired) electrons. The number of methoxy groups -OCH3 is 1. The van der Waals surface area contributed by atoms with Crippen molar-refractivity contribution in [2.75, 3.05) is 18.2 Å². The van der Waals surface area contributed by atoms with Crippen LogP contribution >= 0.6 is 11.8 Å². The van der Waals surface area contributed by atoms with Gasteiger partial charge in [0.15, 0.2) is 0 Å². The maximum Gasteiger partial charge on any atom is 0.269 e. The molecular weight excluding hydrogens is 356 g/mol. The number of aromatic nitrogens is 1. The van der Waals surface area contributed by atoms with Crippen LogP contribution in [-0.4, -0.2) is 28.7 Å². The van der Waals surface area contributed by atoms with Crippen LogP contribution in [0.5, 0.6) is 0 Å². The Morgan fingerprint density at radius 1 is 1.42 bits per heavy atom. The number of pyridine rings is 1. The highest BCUT2D eigenvalue weighted by Crippen LogP contribution is 2.25. The van der Waals surface area contributed by atoms with Gasteiger partial charge in [0.05, 0.1) is 22.8 Å². The van der Waals surface area contributed by atoms with Crippen molar-refractivity contribution in [2.45, 2.75) is 18.6 Å². The number of carbonyl (C=O) groups is 1. The lowest BCUT2D eigenvalue weighted by Gasteiger charge is -2.10. The van der Waals surface area contributed by atoms with Gasteiger partial charge in [-0.3, -0.25) is 14.9 Å². The fraction of sp³-hybridized carbons (Fsp3) is 0.235. The molecule has 2 aromatic rings. The third kappa shape index (κ3) is 5.02. The van der Waals surface area contributed by atoms with Gasteiger partial charge >= 0.3 is 0 Å². The number of hydrogen-bond donors (Lipinski definition) is 1. The summed E-state index contributed by atoms with van der Waals surface area (Å²) in [5.74, 6) is -0.251. The molecule has 1 amide bonds. The molecule has 1 aromatic carbocycles. The van der Waals surface area contributed by atoms with Crippen molar-refractivity contribution in [1.82, 2.24) is 4.98 Å². The number of carbonyl (C=O) groups excluding carboxylic acids is 1. The van der Waals surface area contributed by atoms with Crippen LogP contribution in [0.25, 0.3) is 0 Å². The Labute approximate surface area is 154 Å². The van der Waals surface area contributed by atoms with Crippen LogP contribution in [0.15, 0.2) is 35.4 Å². The maximum absolute atomic E-state index is 12.1. The number of ether oxygens (including phenoxy) is 1. The second-order valence-electron chi connectivity index (χ2n) is 5.29. The number of thioether (sulfide) groups is 1. The minimum Gasteiger partial charge on any atom is -0.380 e. The molecule has 134 valence electrons. The number of nitriles is 1. The van der Waals surface area contributed by atoms with Gasteiger partial charge in [0.1, 0.15) is 11.1 Å². The summed E-state index contributed by atoms with van der Waals surface area (Å²) in [7, 11) is 1.54. The van der Waals surface area contributed by atoms with Crippen LogP contribution < -0.4 is 5.32 Å². The zero-order chi connectivity index (χ0) is 19.1. The van der Waals surface area contributed by atoms with Gasteiger partial charge in [-0.15, -0.1) is 0 Å². The molecule has 9 heteroatoms. The summed E-state index contributed by atoms with van der Waals surface area (Å²) in [5, 5.41) is 23.1. The number of hydrogen-bond acceptors (Lipinski definition) is 7. The van der Waals surface area contributed by atoms with E-state index in [4.69, 9.17) is 4.74 Å². The van der Waals surface area contributed by atoms with Gasteiger partial charge in [-0.1, -0.05) is 11.8 Å². The fourth-order valence-corrected chi connectivity index (χ4v) is 3.07. The normalized spacial score (nSPS) is 10.2. The topological polar surface area (TPSA) is 118 Å². The van der Waals surface area contributed by atoms with Gasteiger partial charge < -0.3 is 10.1 Å². The molecule has 0 unspecified atom stereocenters. The molecular formula is C17H16N4O4S. The first-order chi connectivity index (χ1) is 12.4. The van der Waals surface area contributed by atoms with Gasteiger partial charge in [-0.2, -0.15) is 5.26 Å². The van der Waals surface area contributed by atoms with Crippen LogP contribution in [0.3, 0.4) is 0 Å². The summed E-state index contributed by atoms with van der Waals surface area (Å²) in [6.45, 7) is 2.09. The van der Waals surface area contributed by atoms with E-state index in [0.29, 0.717) is 16.3 Å². The van der Waals surface area contributed by atoms with Crippen LogP contribution in [0.2, 0.25) is 0 Å². The number of anilines is 1. The lowest BCUT2D eigenvalue weighted by Crippen LogP contribution is -2.14. The Morgan fingerprint density at radius 3 is 2.69 bits per heavy atom. The van der Waals surface area contributed by atoms with Crippen molar-refractivity contribution < 1.29 is 14.5 Å². The lowest BCUT2D eigenvalue weighted by molar-refractivity contribution is -0.384. The molecule has 0 aliphatic rings. The molecule has 1 N–H and O–H groups in total. The zero-order valence-electron chi connectivity index (χ0n) is 14.2. The zero-order valence-corrected chi connectivity index (χ0v) is 15.0. The number of benzene rings is 1. The quantitative estimate of drug-likeness (QED) is 0.451. The third-order valence-corrected chi connectivity index (χ3v) is 4.28. The molecule has 2 rings (SSSR count). The number of nitro groups is 1. The summed E-state index contributed by atoms with van der Waals surface area (Å²) < 4.78 is 5.10. The minimum absolute atomic E-state index is 0.0501. The number of nitro benzene ring substituents is 1. The molecule has 0 spiro atoms. The van der Waals surface area contributed by atoms with Crippen molar-refractivity contribution in [3.05, 3.63) is 57.3 Å². The largest absolute Gasteiger partial charge is 0.380 e. The Balaban J connectivity index is 2.05. The molecule has 26 heavy (non-hydrogen) atoms. The van der Waals surface area contributed by atoms with Crippen LogP contribution in [0.1, 0.15) is 16.8 Å². The second kappa shape index (κ2) is 8.94. The lowest BCUT2D eigenvalue weighted by atomic mass is 10.1. The number of aryl methyl sites for hydroxylation is 1. The minimum atomic E-state index is -0.508. The second-order valence-corrected chi connectivity index (χ2v) is 6.25. The third-order valence-electron chi connectivity index (χ3n) is 3.31. The average molecular weight is 372 g/mol. The molecule has 0 fully saturated rings.